The number of aromatic nitrogens is 3. The molecular formula is C33H44N8O6. The lowest BCUT2D eigenvalue weighted by molar-refractivity contribution is -0.133. The van der Waals surface area contributed by atoms with Crippen molar-refractivity contribution in [3.63, 3.8) is 0 Å². The smallest absolute Gasteiger partial charge is 0.254 e. The number of carbonyl (C=O) groups excluding carboxylic acids is 5. The number of nitrogens with one attached hydrogen (secondary N) is 5. The van der Waals surface area contributed by atoms with E-state index in [1.165, 1.54) is 4.90 Å². The number of hydrogen-bond donors (Lipinski definition) is 5. The largest absolute Gasteiger partial charge is 0.497 e. The number of methoxy groups -OCH3 is 1. The zero-order chi connectivity index (χ0) is 34.2. The summed E-state index contributed by atoms with van der Waals surface area (Å²) in [5.74, 6) is -2.09. The fourth-order valence-corrected chi connectivity index (χ4v) is 5.32. The first-order valence-corrected chi connectivity index (χ1v) is 15.8. The normalized spacial score (nSPS) is 21.8. The van der Waals surface area contributed by atoms with Crippen LogP contribution in [0.5, 0.6) is 5.75 Å². The number of amides is 5. The molecule has 252 valence electrons. The highest BCUT2D eigenvalue weighted by atomic mass is 16.5. The predicted molar refractivity (Wildman–Crippen MR) is 174 cm³/mol. The quantitative estimate of drug-likeness (QED) is 0.254. The molecule has 1 fully saturated rings. The van der Waals surface area contributed by atoms with Gasteiger partial charge < -0.3 is 30.9 Å². The number of aromatic amines is 1. The average Bonchev–Trinajstić information content (AvgIpc) is 3.50. The van der Waals surface area contributed by atoms with Gasteiger partial charge in [0.2, 0.25) is 23.6 Å². The number of fused-ring (bicyclic) bond motifs is 1. The molecule has 14 nitrogen and oxygen atoms in total. The number of ether oxygens (including phenoxy) is 1. The Bertz CT molecular complexity index is 1590. The maximum absolute atomic E-state index is 13.9. The van der Waals surface area contributed by atoms with Crippen LogP contribution < -0.4 is 26.0 Å². The molecule has 0 radical (unpaired) electrons. The number of H-pyrrole nitrogens is 1. The summed E-state index contributed by atoms with van der Waals surface area (Å²) >= 11 is 0. The van der Waals surface area contributed by atoms with Gasteiger partial charge in [-0.15, -0.1) is 0 Å². The summed E-state index contributed by atoms with van der Waals surface area (Å²) in [5, 5.41) is 21.9. The first kappa shape index (κ1) is 34.9. The van der Waals surface area contributed by atoms with Crippen LogP contribution in [0.1, 0.15) is 57.0 Å². The molecule has 1 aliphatic rings. The molecule has 0 unspecified atom stereocenters. The van der Waals surface area contributed by atoms with Gasteiger partial charge in [0.1, 0.15) is 34.9 Å². The van der Waals surface area contributed by atoms with Crippen LogP contribution in [0, 0.1) is 11.8 Å². The Hall–Kier alpha value is -5.01. The summed E-state index contributed by atoms with van der Waals surface area (Å²) in [5.41, 5.74) is 2.09. The number of nitrogens with zero attached hydrogens (tertiary/aromatic N) is 3. The van der Waals surface area contributed by atoms with E-state index in [-0.39, 0.29) is 43.3 Å². The maximum Gasteiger partial charge on any atom is 0.254 e. The molecule has 0 bridgehead atoms. The van der Waals surface area contributed by atoms with Crippen molar-refractivity contribution in [1.29, 1.82) is 0 Å². The number of carbonyl (C=O) groups is 5. The van der Waals surface area contributed by atoms with Crippen LogP contribution >= 0.6 is 0 Å². The lowest BCUT2D eigenvalue weighted by Gasteiger charge is -2.31. The van der Waals surface area contributed by atoms with Crippen molar-refractivity contribution in [3.8, 4) is 5.75 Å². The molecule has 2 heterocycles. The minimum atomic E-state index is -1.05. The SMILES string of the molecule is COc1ccc(C[C@@H]2NC(=O)[C@H](CC(C)C)NC(=O)CN(C(=O)c3ccc4n[nH]nc4c3)C[C@H](C(C)C)NC(=O)[C@@H](C)NC2=O)cc1. The van der Waals surface area contributed by atoms with Crippen molar-refractivity contribution in [2.24, 2.45) is 11.8 Å². The van der Waals surface area contributed by atoms with Gasteiger partial charge in [0.05, 0.1) is 13.7 Å². The molecule has 2 aromatic carbocycles. The molecule has 1 aliphatic heterocycles. The third-order valence-corrected chi connectivity index (χ3v) is 8.08. The summed E-state index contributed by atoms with van der Waals surface area (Å²) in [6.45, 7) is 8.78. The van der Waals surface area contributed by atoms with E-state index in [0.29, 0.717) is 16.8 Å². The number of rotatable bonds is 7. The number of hydrogen-bond acceptors (Lipinski definition) is 8. The molecule has 5 amide bonds. The molecule has 3 aromatic rings. The van der Waals surface area contributed by atoms with Crippen LogP contribution in [0.4, 0.5) is 0 Å². The van der Waals surface area contributed by atoms with Crippen molar-refractivity contribution in [2.45, 2.75) is 71.6 Å². The topological polar surface area (TPSA) is 188 Å². The van der Waals surface area contributed by atoms with E-state index >= 15 is 0 Å². The molecule has 47 heavy (non-hydrogen) atoms. The van der Waals surface area contributed by atoms with Gasteiger partial charge in [-0.25, -0.2) is 0 Å². The standard InChI is InChI=1S/C33H44N8O6/c1-18(2)13-26-32(45)36-27(14-21-7-10-23(47-6)11-8-21)31(44)34-20(5)30(43)37-28(19(3)4)16-41(17-29(42)35-26)33(46)22-9-12-24-25(15-22)39-40-38-24/h7-12,15,18-20,26-28H,13-14,16-17H2,1-6H3,(H,34,44)(H,35,42)(H,36,45)(H,37,43)(H,38,39,40)/t20-,26+,27+,28-/m1/s1. The molecule has 1 saturated heterocycles. The molecular weight excluding hydrogens is 604 g/mol. The summed E-state index contributed by atoms with van der Waals surface area (Å²) in [6, 6.07) is 8.34. The van der Waals surface area contributed by atoms with Crippen molar-refractivity contribution < 1.29 is 28.7 Å². The first-order valence-electron chi connectivity index (χ1n) is 15.8. The highest BCUT2D eigenvalue weighted by Gasteiger charge is 2.33. The second-order valence-corrected chi connectivity index (χ2v) is 12.7. The van der Waals surface area contributed by atoms with E-state index in [1.807, 2.05) is 27.7 Å². The fourth-order valence-electron chi connectivity index (χ4n) is 5.32. The van der Waals surface area contributed by atoms with Crippen LogP contribution in [0.15, 0.2) is 42.5 Å². The zero-order valence-corrected chi connectivity index (χ0v) is 27.6. The maximum atomic E-state index is 13.9. The van der Waals surface area contributed by atoms with Crippen molar-refractivity contribution in [2.75, 3.05) is 20.2 Å². The fraction of sp³-hybridized carbons (Fsp3) is 0.485. The molecule has 0 saturated carbocycles. The lowest BCUT2D eigenvalue weighted by Crippen LogP contribution is -2.57. The second-order valence-electron chi connectivity index (χ2n) is 12.7. The van der Waals surface area contributed by atoms with Crippen LogP contribution in [-0.2, 0) is 25.6 Å². The minimum Gasteiger partial charge on any atom is -0.497 e. The first-order chi connectivity index (χ1) is 22.3. The van der Waals surface area contributed by atoms with Gasteiger partial charge in [0, 0.05) is 24.6 Å². The molecule has 5 N–H and O–H groups in total. The summed E-state index contributed by atoms with van der Waals surface area (Å²) in [7, 11) is 1.55. The monoisotopic (exact) mass is 648 g/mol. The third-order valence-electron chi connectivity index (χ3n) is 8.08. The van der Waals surface area contributed by atoms with Crippen LogP contribution in [0.3, 0.4) is 0 Å². The van der Waals surface area contributed by atoms with Gasteiger partial charge in [-0.2, -0.15) is 15.4 Å². The molecule has 0 aliphatic carbocycles. The molecule has 1 aromatic heterocycles. The van der Waals surface area contributed by atoms with Gasteiger partial charge >= 0.3 is 0 Å². The Morgan fingerprint density at radius 3 is 2.21 bits per heavy atom. The third kappa shape index (κ3) is 9.27. The van der Waals surface area contributed by atoms with E-state index < -0.39 is 53.7 Å². The Balaban J connectivity index is 1.68. The van der Waals surface area contributed by atoms with E-state index in [0.717, 1.165) is 5.56 Å². The van der Waals surface area contributed by atoms with Crippen molar-refractivity contribution in [3.05, 3.63) is 53.6 Å². The number of benzene rings is 2. The summed E-state index contributed by atoms with van der Waals surface area (Å²) in [6.07, 6.45) is 0.418. The Morgan fingerprint density at radius 2 is 1.55 bits per heavy atom. The molecule has 14 heteroatoms. The van der Waals surface area contributed by atoms with E-state index in [1.54, 1.807) is 56.5 Å². The lowest BCUT2D eigenvalue weighted by atomic mass is 10.0. The Labute approximate surface area is 273 Å². The average molecular weight is 649 g/mol. The van der Waals surface area contributed by atoms with Gasteiger partial charge in [0.15, 0.2) is 0 Å². The Kier molecular flexibility index (Phi) is 11.5. The molecule has 4 rings (SSSR count). The Morgan fingerprint density at radius 1 is 0.872 bits per heavy atom. The highest BCUT2D eigenvalue weighted by molar-refractivity contribution is 6.00. The van der Waals surface area contributed by atoms with Crippen LogP contribution in [0.25, 0.3) is 11.0 Å². The molecule has 0 spiro atoms. The van der Waals surface area contributed by atoms with Gasteiger partial charge in [-0.05, 0) is 61.1 Å². The molecule has 4 atom stereocenters. The summed E-state index contributed by atoms with van der Waals surface area (Å²) in [4.78, 5) is 69.5. The van der Waals surface area contributed by atoms with Crippen molar-refractivity contribution >= 4 is 40.6 Å². The second kappa shape index (κ2) is 15.5. The summed E-state index contributed by atoms with van der Waals surface area (Å²) < 4.78 is 5.23. The van der Waals surface area contributed by atoms with Crippen molar-refractivity contribution in [1.82, 2.24) is 41.6 Å². The predicted octanol–water partition coefficient (Wildman–Crippen LogP) is 1.33. The van der Waals surface area contributed by atoms with E-state index in [2.05, 4.69) is 36.7 Å². The van der Waals surface area contributed by atoms with Gasteiger partial charge in [-0.3, -0.25) is 24.0 Å². The van der Waals surface area contributed by atoms with E-state index in [4.69, 9.17) is 4.74 Å². The highest BCUT2D eigenvalue weighted by Crippen LogP contribution is 2.16. The van der Waals surface area contributed by atoms with Crippen LogP contribution in [-0.4, -0.2) is 94.2 Å². The van der Waals surface area contributed by atoms with Gasteiger partial charge in [0.25, 0.3) is 5.91 Å². The minimum absolute atomic E-state index is 0.00564. The van der Waals surface area contributed by atoms with Crippen LogP contribution in [0.2, 0.25) is 0 Å². The van der Waals surface area contributed by atoms with E-state index in [9.17, 15) is 24.0 Å². The van der Waals surface area contributed by atoms with Gasteiger partial charge in [-0.1, -0.05) is 39.8 Å². The zero-order valence-electron chi connectivity index (χ0n) is 27.6.